The summed E-state index contributed by atoms with van der Waals surface area (Å²) in [5, 5.41) is 9.43. The van der Waals surface area contributed by atoms with Gasteiger partial charge in [-0.3, -0.25) is 0 Å². The molecule has 4 rings (SSSR count). The van der Waals surface area contributed by atoms with E-state index in [4.69, 9.17) is 9.47 Å². The lowest BCUT2D eigenvalue weighted by Crippen LogP contribution is -2.15. The Hall–Kier alpha value is -4.11. The lowest BCUT2D eigenvalue weighted by Gasteiger charge is -2.12. The lowest BCUT2D eigenvalue weighted by atomic mass is 10.3. The van der Waals surface area contributed by atoms with Gasteiger partial charge in [0.05, 0.1) is 11.0 Å². The van der Waals surface area contributed by atoms with E-state index < -0.39 is 10.0 Å². The SMILES string of the molecule is O=S(=O)(Nc1nc(Oc2ccccc2)cc(Oc2ccc(O)cc2)n1)c1ccccc1. The van der Waals surface area contributed by atoms with Crippen molar-refractivity contribution in [1.82, 2.24) is 9.97 Å². The smallest absolute Gasteiger partial charge is 0.264 e. The van der Waals surface area contributed by atoms with Crippen LogP contribution in [-0.4, -0.2) is 23.5 Å². The summed E-state index contributed by atoms with van der Waals surface area (Å²) in [5.41, 5.74) is 0. The highest BCUT2D eigenvalue weighted by molar-refractivity contribution is 7.92. The number of benzene rings is 3. The molecule has 4 aromatic rings. The molecule has 1 heterocycles. The Morgan fingerprint density at radius 2 is 1.23 bits per heavy atom. The average molecular weight is 435 g/mol. The number of aromatic hydroxyl groups is 1. The third kappa shape index (κ3) is 5.28. The van der Waals surface area contributed by atoms with Crippen LogP contribution in [0.4, 0.5) is 5.95 Å². The van der Waals surface area contributed by atoms with Crippen molar-refractivity contribution >= 4 is 16.0 Å². The van der Waals surface area contributed by atoms with Gasteiger partial charge in [-0.25, -0.2) is 13.1 Å². The molecule has 0 radical (unpaired) electrons. The van der Waals surface area contributed by atoms with Gasteiger partial charge in [0.2, 0.25) is 17.7 Å². The Kier molecular flexibility index (Phi) is 5.67. The summed E-state index contributed by atoms with van der Waals surface area (Å²) in [4.78, 5) is 8.35. The first-order chi connectivity index (χ1) is 15.0. The summed E-state index contributed by atoms with van der Waals surface area (Å²) in [6, 6.07) is 24.2. The number of sulfonamides is 1. The van der Waals surface area contributed by atoms with Crippen molar-refractivity contribution in [3.63, 3.8) is 0 Å². The van der Waals surface area contributed by atoms with Crippen molar-refractivity contribution in [2.45, 2.75) is 4.90 Å². The van der Waals surface area contributed by atoms with Crippen molar-refractivity contribution in [2.75, 3.05) is 4.72 Å². The minimum atomic E-state index is -3.92. The van der Waals surface area contributed by atoms with Gasteiger partial charge in [0.15, 0.2) is 0 Å². The van der Waals surface area contributed by atoms with Crippen LogP contribution in [0.2, 0.25) is 0 Å². The third-order valence-electron chi connectivity index (χ3n) is 3.98. The zero-order valence-corrected chi connectivity index (χ0v) is 16.9. The molecule has 2 N–H and O–H groups in total. The highest BCUT2D eigenvalue weighted by atomic mass is 32.2. The maximum Gasteiger partial charge on any atom is 0.264 e. The molecule has 3 aromatic carbocycles. The molecule has 0 saturated carbocycles. The number of phenolic OH excluding ortho intramolecular Hbond substituents is 1. The molecule has 31 heavy (non-hydrogen) atoms. The predicted octanol–water partition coefficient (Wildman–Crippen LogP) is 4.57. The van der Waals surface area contributed by atoms with Gasteiger partial charge in [-0.1, -0.05) is 36.4 Å². The fourth-order valence-electron chi connectivity index (χ4n) is 2.58. The van der Waals surface area contributed by atoms with Crippen LogP contribution in [0, 0.1) is 0 Å². The molecule has 0 aliphatic heterocycles. The Morgan fingerprint density at radius 3 is 1.81 bits per heavy atom. The monoisotopic (exact) mass is 435 g/mol. The molecular weight excluding hydrogens is 418 g/mol. The molecule has 0 bridgehead atoms. The van der Waals surface area contributed by atoms with Crippen molar-refractivity contribution in [3.05, 3.63) is 91.0 Å². The van der Waals surface area contributed by atoms with Crippen molar-refractivity contribution in [2.24, 2.45) is 0 Å². The maximum absolute atomic E-state index is 12.7. The second-order valence-corrected chi connectivity index (χ2v) is 7.98. The maximum atomic E-state index is 12.7. The van der Waals surface area contributed by atoms with E-state index in [-0.39, 0.29) is 28.4 Å². The highest BCUT2D eigenvalue weighted by Gasteiger charge is 2.17. The summed E-state index contributed by atoms with van der Waals surface area (Å²) in [5.74, 6) is 0.899. The normalized spacial score (nSPS) is 11.0. The molecule has 1 aromatic heterocycles. The van der Waals surface area contributed by atoms with E-state index in [1.54, 1.807) is 54.6 Å². The van der Waals surface area contributed by atoms with Crippen LogP contribution in [0.1, 0.15) is 0 Å². The van der Waals surface area contributed by atoms with Crippen LogP contribution < -0.4 is 14.2 Å². The summed E-state index contributed by atoms with van der Waals surface area (Å²) in [6.45, 7) is 0. The van der Waals surface area contributed by atoms with Gasteiger partial charge in [0, 0.05) is 0 Å². The number of aromatic nitrogens is 2. The van der Waals surface area contributed by atoms with E-state index >= 15 is 0 Å². The first kappa shape index (κ1) is 20.2. The number of hydrogen-bond acceptors (Lipinski definition) is 7. The first-order valence-corrected chi connectivity index (χ1v) is 10.6. The lowest BCUT2D eigenvalue weighted by molar-refractivity contribution is 0.433. The van der Waals surface area contributed by atoms with Crippen molar-refractivity contribution in [3.8, 4) is 29.0 Å². The predicted molar refractivity (Wildman–Crippen MR) is 114 cm³/mol. The molecule has 0 aliphatic rings. The zero-order valence-electron chi connectivity index (χ0n) is 16.0. The Bertz CT molecular complexity index is 1270. The van der Waals surface area contributed by atoms with Crippen LogP contribution in [0.3, 0.4) is 0 Å². The minimum Gasteiger partial charge on any atom is -0.508 e. The molecular formula is C22H17N3O5S. The fraction of sp³-hybridized carbons (Fsp3) is 0. The average Bonchev–Trinajstić information content (AvgIpc) is 2.76. The number of phenols is 1. The van der Waals surface area contributed by atoms with Crippen LogP contribution in [0.25, 0.3) is 0 Å². The second-order valence-electron chi connectivity index (χ2n) is 6.30. The number of rotatable bonds is 7. The highest BCUT2D eigenvalue weighted by Crippen LogP contribution is 2.28. The van der Waals surface area contributed by atoms with Crippen LogP contribution in [0.5, 0.6) is 29.0 Å². The Morgan fingerprint density at radius 1 is 0.710 bits per heavy atom. The van der Waals surface area contributed by atoms with Crippen molar-refractivity contribution < 1.29 is 23.0 Å². The molecule has 0 amide bonds. The standard InChI is InChI=1S/C22H17N3O5S/c26-16-11-13-18(14-12-16)30-21-15-20(29-17-7-3-1-4-8-17)23-22(24-21)25-31(27,28)19-9-5-2-6-10-19/h1-15,26H,(H,23,24,25). The molecule has 0 fully saturated rings. The van der Waals surface area contributed by atoms with E-state index in [0.717, 1.165) is 0 Å². The number of anilines is 1. The summed E-state index contributed by atoms with van der Waals surface area (Å²) >= 11 is 0. The number of hydrogen-bond donors (Lipinski definition) is 2. The quantitative estimate of drug-likeness (QED) is 0.437. The Labute approximate surface area is 178 Å². The van der Waals surface area contributed by atoms with Crippen LogP contribution in [-0.2, 0) is 10.0 Å². The van der Waals surface area contributed by atoms with Crippen LogP contribution in [0.15, 0.2) is 95.9 Å². The molecule has 8 nitrogen and oxygen atoms in total. The zero-order chi connectivity index (χ0) is 21.7. The second kappa shape index (κ2) is 8.72. The van der Waals surface area contributed by atoms with Crippen molar-refractivity contribution in [1.29, 1.82) is 0 Å². The number of nitrogens with zero attached hydrogens (tertiary/aromatic N) is 2. The first-order valence-electron chi connectivity index (χ1n) is 9.15. The van der Waals surface area contributed by atoms with Gasteiger partial charge in [-0.2, -0.15) is 9.97 Å². The topological polar surface area (TPSA) is 111 Å². The van der Waals surface area contributed by atoms with Gasteiger partial charge in [0.1, 0.15) is 17.2 Å². The number of ether oxygens (including phenoxy) is 2. The van der Waals surface area contributed by atoms with Gasteiger partial charge in [-0.05, 0) is 48.5 Å². The van der Waals surface area contributed by atoms with E-state index in [0.29, 0.717) is 11.5 Å². The summed E-state index contributed by atoms with van der Waals surface area (Å²) < 4.78 is 39.1. The van der Waals surface area contributed by atoms with Gasteiger partial charge in [-0.15, -0.1) is 0 Å². The fourth-order valence-corrected chi connectivity index (χ4v) is 3.54. The molecule has 9 heteroatoms. The molecule has 0 saturated heterocycles. The van der Waals surface area contributed by atoms with Crippen LogP contribution >= 0.6 is 0 Å². The summed E-state index contributed by atoms with van der Waals surface area (Å²) in [7, 11) is -3.92. The number of para-hydroxylation sites is 1. The van der Waals surface area contributed by atoms with E-state index in [2.05, 4.69) is 14.7 Å². The number of nitrogens with one attached hydrogen (secondary N) is 1. The molecule has 0 atom stereocenters. The van der Waals surface area contributed by atoms with E-state index in [1.807, 2.05) is 6.07 Å². The molecule has 0 spiro atoms. The van der Waals surface area contributed by atoms with Gasteiger partial charge < -0.3 is 14.6 Å². The molecule has 0 unspecified atom stereocenters. The van der Waals surface area contributed by atoms with E-state index in [9.17, 15) is 13.5 Å². The Balaban J connectivity index is 1.67. The minimum absolute atomic E-state index is 0.0531. The molecule has 156 valence electrons. The van der Waals surface area contributed by atoms with E-state index in [1.165, 1.54) is 30.3 Å². The summed E-state index contributed by atoms with van der Waals surface area (Å²) in [6.07, 6.45) is 0. The third-order valence-corrected chi connectivity index (χ3v) is 5.33. The largest absolute Gasteiger partial charge is 0.508 e. The molecule has 0 aliphatic carbocycles. The van der Waals surface area contributed by atoms with Gasteiger partial charge in [0.25, 0.3) is 10.0 Å². The van der Waals surface area contributed by atoms with Gasteiger partial charge >= 0.3 is 0 Å².